The molecule has 1 fully saturated rings. The van der Waals surface area contributed by atoms with Gasteiger partial charge in [-0.3, -0.25) is 9.59 Å². The van der Waals surface area contributed by atoms with Crippen molar-refractivity contribution >= 4 is 27.5 Å². The molecular formula is C16H19BrO2. The maximum Gasteiger partial charge on any atom is 0.173 e. The number of hydrogen-bond donors (Lipinski definition) is 0. The van der Waals surface area contributed by atoms with E-state index in [2.05, 4.69) is 29.8 Å². The number of carbonyl (C=O) groups is 2. The average molecular weight is 323 g/mol. The number of ketones is 2. The van der Waals surface area contributed by atoms with Gasteiger partial charge in [0.1, 0.15) is 5.78 Å². The minimum Gasteiger partial charge on any atom is -0.299 e. The monoisotopic (exact) mass is 322 g/mol. The molecule has 0 saturated heterocycles. The largest absolute Gasteiger partial charge is 0.299 e. The fourth-order valence-electron chi connectivity index (χ4n) is 2.74. The Balaban J connectivity index is 2.23. The zero-order valence-electron chi connectivity index (χ0n) is 11.6. The molecule has 2 nitrogen and oxygen atoms in total. The summed E-state index contributed by atoms with van der Waals surface area (Å²) in [7, 11) is 0. The quantitative estimate of drug-likeness (QED) is 0.599. The van der Waals surface area contributed by atoms with Crippen LogP contribution in [0.1, 0.15) is 49.0 Å². The lowest BCUT2D eigenvalue weighted by Gasteiger charge is -2.32. The number of Topliss-reactive ketones (excluding diaryl/α,β-unsaturated/α-hetero) is 2. The van der Waals surface area contributed by atoms with Crippen molar-refractivity contribution < 1.29 is 9.59 Å². The number of carbonyl (C=O) groups excluding carboxylic acids is 2. The van der Waals surface area contributed by atoms with Gasteiger partial charge in [0.15, 0.2) is 5.78 Å². The minimum atomic E-state index is -0.443. The van der Waals surface area contributed by atoms with Crippen molar-refractivity contribution in [3.8, 4) is 0 Å². The van der Waals surface area contributed by atoms with Crippen molar-refractivity contribution in [3.05, 3.63) is 33.8 Å². The Labute approximate surface area is 122 Å². The SMILES string of the molecule is Cc1cc(Br)cc(C(=O)C2CCC(C)(C)CC2=O)c1. The molecule has 19 heavy (non-hydrogen) atoms. The van der Waals surface area contributed by atoms with Crippen molar-refractivity contribution in [3.63, 3.8) is 0 Å². The molecule has 2 rings (SSSR count). The third kappa shape index (κ3) is 3.33. The highest BCUT2D eigenvalue weighted by molar-refractivity contribution is 9.10. The van der Waals surface area contributed by atoms with Crippen LogP contribution in [-0.2, 0) is 4.79 Å². The zero-order valence-corrected chi connectivity index (χ0v) is 13.2. The summed E-state index contributed by atoms with van der Waals surface area (Å²) in [5.74, 6) is -0.370. The number of halogens is 1. The molecule has 0 heterocycles. The first kappa shape index (κ1) is 14.4. The van der Waals surface area contributed by atoms with Crippen molar-refractivity contribution in [2.24, 2.45) is 11.3 Å². The fourth-order valence-corrected chi connectivity index (χ4v) is 3.34. The first-order valence-corrected chi connectivity index (χ1v) is 7.42. The topological polar surface area (TPSA) is 34.1 Å². The third-order valence-electron chi connectivity index (χ3n) is 3.79. The van der Waals surface area contributed by atoms with Crippen LogP contribution in [0.15, 0.2) is 22.7 Å². The highest BCUT2D eigenvalue weighted by atomic mass is 79.9. The maximum absolute atomic E-state index is 12.5. The first-order chi connectivity index (χ1) is 8.78. The second-order valence-corrected chi connectivity index (χ2v) is 7.20. The molecule has 0 amide bonds. The van der Waals surface area contributed by atoms with Gasteiger partial charge in [-0.05, 0) is 48.9 Å². The number of benzene rings is 1. The fraction of sp³-hybridized carbons (Fsp3) is 0.500. The molecule has 0 aliphatic heterocycles. The average Bonchev–Trinajstić information content (AvgIpc) is 2.25. The van der Waals surface area contributed by atoms with Crippen LogP contribution < -0.4 is 0 Å². The second-order valence-electron chi connectivity index (χ2n) is 6.28. The second kappa shape index (κ2) is 5.20. The van der Waals surface area contributed by atoms with Crippen LogP contribution in [0.3, 0.4) is 0 Å². The van der Waals surface area contributed by atoms with E-state index >= 15 is 0 Å². The van der Waals surface area contributed by atoms with Gasteiger partial charge in [-0.1, -0.05) is 29.8 Å². The molecule has 102 valence electrons. The lowest BCUT2D eigenvalue weighted by atomic mass is 9.70. The molecule has 1 aromatic rings. The third-order valence-corrected chi connectivity index (χ3v) is 4.25. The molecule has 0 N–H and O–H groups in total. The van der Waals surface area contributed by atoms with Gasteiger partial charge in [0, 0.05) is 16.5 Å². The van der Waals surface area contributed by atoms with Gasteiger partial charge in [-0.15, -0.1) is 0 Å². The van der Waals surface area contributed by atoms with E-state index in [-0.39, 0.29) is 17.0 Å². The minimum absolute atomic E-state index is 0.0232. The maximum atomic E-state index is 12.5. The Bertz CT molecular complexity index is 511. The molecule has 1 aromatic carbocycles. The Hall–Kier alpha value is -0.960. The molecule has 0 spiro atoms. The Morgan fingerprint density at radius 2 is 2.00 bits per heavy atom. The van der Waals surface area contributed by atoms with Crippen LogP contribution in [0.25, 0.3) is 0 Å². The lowest BCUT2D eigenvalue weighted by molar-refractivity contribution is -0.126. The van der Waals surface area contributed by atoms with E-state index in [9.17, 15) is 9.59 Å². The molecule has 0 radical (unpaired) electrons. The van der Waals surface area contributed by atoms with E-state index in [0.717, 1.165) is 16.5 Å². The Kier molecular flexibility index (Phi) is 3.95. The number of rotatable bonds is 2. The van der Waals surface area contributed by atoms with Crippen LogP contribution in [0, 0.1) is 18.3 Å². The highest BCUT2D eigenvalue weighted by Gasteiger charge is 2.37. The molecule has 1 atom stereocenters. The highest BCUT2D eigenvalue weighted by Crippen LogP contribution is 2.37. The van der Waals surface area contributed by atoms with Gasteiger partial charge >= 0.3 is 0 Å². The lowest BCUT2D eigenvalue weighted by Crippen LogP contribution is -2.34. The van der Waals surface area contributed by atoms with Gasteiger partial charge in [-0.2, -0.15) is 0 Å². The molecule has 1 saturated carbocycles. The van der Waals surface area contributed by atoms with E-state index in [4.69, 9.17) is 0 Å². The normalized spacial score (nSPS) is 22.3. The summed E-state index contributed by atoms with van der Waals surface area (Å²) in [6.45, 7) is 6.14. The predicted molar refractivity (Wildman–Crippen MR) is 79.3 cm³/mol. The van der Waals surface area contributed by atoms with Crippen molar-refractivity contribution in [1.82, 2.24) is 0 Å². The molecule has 1 aliphatic rings. The summed E-state index contributed by atoms with van der Waals surface area (Å²) in [4.78, 5) is 24.6. The number of hydrogen-bond acceptors (Lipinski definition) is 2. The summed E-state index contributed by atoms with van der Waals surface area (Å²) in [6, 6.07) is 5.63. The van der Waals surface area contributed by atoms with Crippen molar-refractivity contribution in [2.75, 3.05) is 0 Å². The predicted octanol–water partition coefficient (Wildman–Crippen LogP) is 4.34. The molecule has 1 aliphatic carbocycles. The van der Waals surface area contributed by atoms with Crippen LogP contribution in [0.4, 0.5) is 0 Å². The summed E-state index contributed by atoms with van der Waals surface area (Å²) < 4.78 is 0.888. The molecule has 3 heteroatoms. The summed E-state index contributed by atoms with van der Waals surface area (Å²) in [5.41, 5.74) is 1.72. The van der Waals surface area contributed by atoms with Gasteiger partial charge < -0.3 is 0 Å². The summed E-state index contributed by atoms with van der Waals surface area (Å²) >= 11 is 3.40. The van der Waals surface area contributed by atoms with E-state index in [1.165, 1.54) is 0 Å². The van der Waals surface area contributed by atoms with Crippen molar-refractivity contribution in [1.29, 1.82) is 0 Å². The smallest absolute Gasteiger partial charge is 0.173 e. The Morgan fingerprint density at radius 1 is 1.32 bits per heavy atom. The Morgan fingerprint density at radius 3 is 2.58 bits per heavy atom. The van der Waals surface area contributed by atoms with Gasteiger partial charge in [0.25, 0.3) is 0 Å². The first-order valence-electron chi connectivity index (χ1n) is 6.63. The standard InChI is InChI=1S/C16H19BrO2/c1-10-6-11(8-12(17)7-10)15(19)13-4-5-16(2,3)9-14(13)18/h6-8,13H,4-5,9H2,1-3H3. The molecule has 0 aromatic heterocycles. The van der Waals surface area contributed by atoms with Gasteiger partial charge in [-0.25, -0.2) is 0 Å². The van der Waals surface area contributed by atoms with E-state index < -0.39 is 5.92 Å². The molecule has 1 unspecified atom stereocenters. The van der Waals surface area contributed by atoms with Crippen LogP contribution >= 0.6 is 15.9 Å². The van der Waals surface area contributed by atoms with Crippen LogP contribution in [0.2, 0.25) is 0 Å². The van der Waals surface area contributed by atoms with Gasteiger partial charge in [0.2, 0.25) is 0 Å². The molecular weight excluding hydrogens is 304 g/mol. The van der Waals surface area contributed by atoms with Crippen LogP contribution in [-0.4, -0.2) is 11.6 Å². The summed E-state index contributed by atoms with van der Waals surface area (Å²) in [6.07, 6.45) is 2.12. The number of aryl methyl sites for hydroxylation is 1. The molecule has 0 bridgehead atoms. The van der Waals surface area contributed by atoms with Gasteiger partial charge in [0.05, 0.1) is 5.92 Å². The zero-order chi connectivity index (χ0) is 14.2. The van der Waals surface area contributed by atoms with Crippen LogP contribution in [0.5, 0.6) is 0 Å². The van der Waals surface area contributed by atoms with E-state index in [1.54, 1.807) is 0 Å². The van der Waals surface area contributed by atoms with Crippen molar-refractivity contribution in [2.45, 2.75) is 40.0 Å². The van der Waals surface area contributed by atoms with E-state index in [0.29, 0.717) is 18.4 Å². The van der Waals surface area contributed by atoms with E-state index in [1.807, 2.05) is 25.1 Å². The summed E-state index contributed by atoms with van der Waals surface area (Å²) in [5, 5.41) is 0.